The molecular weight excluding hydrogens is 212 g/mol. The van der Waals surface area contributed by atoms with Crippen LogP contribution in [-0.2, 0) is 11.2 Å². The molecule has 0 heterocycles. The van der Waals surface area contributed by atoms with Crippen molar-refractivity contribution in [1.29, 1.82) is 0 Å². The van der Waals surface area contributed by atoms with Crippen molar-refractivity contribution in [2.45, 2.75) is 25.7 Å². The molecule has 0 unspecified atom stereocenters. The quantitative estimate of drug-likeness (QED) is 0.780. The van der Waals surface area contributed by atoms with Gasteiger partial charge in [-0.05, 0) is 36.8 Å². The molecule has 0 spiro atoms. The van der Waals surface area contributed by atoms with Crippen LogP contribution in [0.25, 0.3) is 0 Å². The molecule has 1 amide bonds. The average Bonchev–Trinajstić information content (AvgIpc) is 3.09. The molecule has 1 aromatic carbocycles. The van der Waals surface area contributed by atoms with E-state index in [0.717, 1.165) is 18.5 Å². The van der Waals surface area contributed by atoms with Gasteiger partial charge in [0.25, 0.3) is 0 Å². The highest BCUT2D eigenvalue weighted by Crippen LogP contribution is 2.47. The average molecular weight is 232 g/mol. The lowest BCUT2D eigenvalue weighted by Crippen LogP contribution is -2.32. The number of benzene rings is 1. The normalized spacial score (nSPS) is 16.5. The van der Waals surface area contributed by atoms with E-state index in [9.17, 15) is 4.79 Å². The SMILES string of the molecule is NCCC1(CNC(=O)Cc2ccccc2)CC1. The van der Waals surface area contributed by atoms with Crippen molar-refractivity contribution in [1.82, 2.24) is 5.32 Å². The largest absolute Gasteiger partial charge is 0.355 e. The van der Waals surface area contributed by atoms with Crippen LogP contribution in [-0.4, -0.2) is 19.0 Å². The van der Waals surface area contributed by atoms with Gasteiger partial charge in [0.05, 0.1) is 6.42 Å². The van der Waals surface area contributed by atoms with Crippen LogP contribution in [0.2, 0.25) is 0 Å². The van der Waals surface area contributed by atoms with Gasteiger partial charge in [-0.1, -0.05) is 30.3 Å². The predicted octanol–water partition coefficient (Wildman–Crippen LogP) is 1.47. The maximum Gasteiger partial charge on any atom is 0.224 e. The summed E-state index contributed by atoms with van der Waals surface area (Å²) in [7, 11) is 0. The van der Waals surface area contributed by atoms with Gasteiger partial charge in [0.1, 0.15) is 0 Å². The third-order valence-electron chi connectivity index (χ3n) is 3.50. The molecule has 1 fully saturated rings. The lowest BCUT2D eigenvalue weighted by atomic mass is 10.0. The van der Waals surface area contributed by atoms with Gasteiger partial charge in [0, 0.05) is 6.54 Å². The van der Waals surface area contributed by atoms with Crippen molar-refractivity contribution >= 4 is 5.91 Å². The molecule has 0 saturated heterocycles. The second-order valence-corrected chi connectivity index (χ2v) is 4.98. The summed E-state index contributed by atoms with van der Waals surface area (Å²) in [5.74, 6) is 0.111. The van der Waals surface area contributed by atoms with E-state index in [2.05, 4.69) is 5.32 Å². The zero-order valence-electron chi connectivity index (χ0n) is 10.1. The lowest BCUT2D eigenvalue weighted by Gasteiger charge is -2.14. The van der Waals surface area contributed by atoms with Crippen LogP contribution < -0.4 is 11.1 Å². The number of hydrogen-bond acceptors (Lipinski definition) is 2. The molecule has 2 rings (SSSR count). The fourth-order valence-corrected chi connectivity index (χ4v) is 2.13. The van der Waals surface area contributed by atoms with E-state index in [1.165, 1.54) is 12.8 Å². The van der Waals surface area contributed by atoms with Gasteiger partial charge < -0.3 is 11.1 Å². The van der Waals surface area contributed by atoms with E-state index in [0.29, 0.717) is 18.4 Å². The van der Waals surface area contributed by atoms with Gasteiger partial charge >= 0.3 is 0 Å². The van der Waals surface area contributed by atoms with Crippen LogP contribution in [0.15, 0.2) is 30.3 Å². The third kappa shape index (κ3) is 3.56. The minimum absolute atomic E-state index is 0.111. The molecule has 3 nitrogen and oxygen atoms in total. The Morgan fingerprint density at radius 2 is 2.00 bits per heavy atom. The van der Waals surface area contributed by atoms with Crippen molar-refractivity contribution in [3.63, 3.8) is 0 Å². The number of nitrogens with two attached hydrogens (primary N) is 1. The topological polar surface area (TPSA) is 55.1 Å². The Morgan fingerprint density at radius 1 is 1.29 bits per heavy atom. The molecule has 1 aromatic rings. The Labute approximate surface area is 102 Å². The molecule has 3 N–H and O–H groups in total. The summed E-state index contributed by atoms with van der Waals surface area (Å²) in [5, 5.41) is 3.02. The highest BCUT2D eigenvalue weighted by Gasteiger charge is 2.41. The lowest BCUT2D eigenvalue weighted by molar-refractivity contribution is -0.120. The highest BCUT2D eigenvalue weighted by molar-refractivity contribution is 5.78. The Hall–Kier alpha value is -1.35. The van der Waals surface area contributed by atoms with Crippen molar-refractivity contribution in [3.05, 3.63) is 35.9 Å². The molecule has 3 heteroatoms. The molecule has 0 atom stereocenters. The second kappa shape index (κ2) is 5.32. The zero-order chi connectivity index (χ0) is 12.1. The van der Waals surface area contributed by atoms with E-state index in [4.69, 9.17) is 5.73 Å². The van der Waals surface area contributed by atoms with Gasteiger partial charge in [-0.3, -0.25) is 4.79 Å². The van der Waals surface area contributed by atoms with Gasteiger partial charge in [0.15, 0.2) is 0 Å². The van der Waals surface area contributed by atoms with Crippen LogP contribution in [0.4, 0.5) is 0 Å². The summed E-state index contributed by atoms with van der Waals surface area (Å²) in [6.45, 7) is 1.50. The first kappa shape index (κ1) is 12.1. The smallest absolute Gasteiger partial charge is 0.224 e. The monoisotopic (exact) mass is 232 g/mol. The highest BCUT2D eigenvalue weighted by atomic mass is 16.1. The first-order valence-corrected chi connectivity index (χ1v) is 6.25. The molecule has 92 valence electrons. The van der Waals surface area contributed by atoms with E-state index >= 15 is 0 Å². The Morgan fingerprint density at radius 3 is 2.59 bits per heavy atom. The fraction of sp³-hybridized carbons (Fsp3) is 0.500. The molecule has 1 saturated carbocycles. The fourth-order valence-electron chi connectivity index (χ4n) is 2.13. The zero-order valence-corrected chi connectivity index (χ0v) is 10.1. The summed E-state index contributed by atoms with van der Waals surface area (Å²) in [4.78, 5) is 11.7. The molecule has 0 aliphatic heterocycles. The number of nitrogens with one attached hydrogen (secondary N) is 1. The van der Waals surface area contributed by atoms with E-state index in [1.54, 1.807) is 0 Å². The molecule has 0 bridgehead atoms. The molecule has 1 aliphatic carbocycles. The van der Waals surface area contributed by atoms with Crippen molar-refractivity contribution in [2.24, 2.45) is 11.1 Å². The summed E-state index contributed by atoms with van der Waals surface area (Å²) >= 11 is 0. The molecule has 0 aromatic heterocycles. The number of rotatable bonds is 6. The Bertz CT molecular complexity index is 371. The van der Waals surface area contributed by atoms with E-state index in [-0.39, 0.29) is 5.91 Å². The van der Waals surface area contributed by atoms with Crippen LogP contribution in [0, 0.1) is 5.41 Å². The Kier molecular flexibility index (Phi) is 3.79. The Balaban J connectivity index is 1.75. The second-order valence-electron chi connectivity index (χ2n) is 4.98. The molecule has 17 heavy (non-hydrogen) atoms. The minimum Gasteiger partial charge on any atom is -0.355 e. The first-order chi connectivity index (χ1) is 8.24. The van der Waals surface area contributed by atoms with Crippen LogP contribution in [0.1, 0.15) is 24.8 Å². The van der Waals surface area contributed by atoms with Gasteiger partial charge in [0.2, 0.25) is 5.91 Å². The third-order valence-corrected chi connectivity index (χ3v) is 3.50. The summed E-state index contributed by atoms with van der Waals surface area (Å²) in [5.41, 5.74) is 6.96. The van der Waals surface area contributed by atoms with Gasteiger partial charge in [-0.15, -0.1) is 0 Å². The van der Waals surface area contributed by atoms with Crippen LogP contribution >= 0.6 is 0 Å². The number of amides is 1. The first-order valence-electron chi connectivity index (χ1n) is 6.25. The maximum absolute atomic E-state index is 11.7. The number of hydrogen-bond donors (Lipinski definition) is 2. The van der Waals surface area contributed by atoms with Gasteiger partial charge in [-0.2, -0.15) is 0 Å². The molecule has 1 aliphatic rings. The van der Waals surface area contributed by atoms with Crippen LogP contribution in [0.3, 0.4) is 0 Å². The van der Waals surface area contributed by atoms with Crippen molar-refractivity contribution in [2.75, 3.05) is 13.1 Å². The molecular formula is C14H20N2O. The predicted molar refractivity (Wildman–Crippen MR) is 68.5 cm³/mol. The molecule has 0 radical (unpaired) electrons. The standard InChI is InChI=1S/C14H20N2O/c15-9-8-14(6-7-14)11-16-13(17)10-12-4-2-1-3-5-12/h1-5H,6-11,15H2,(H,16,17). The number of carbonyl (C=O) groups is 1. The van der Waals surface area contributed by atoms with Gasteiger partial charge in [-0.25, -0.2) is 0 Å². The van der Waals surface area contributed by atoms with Crippen LogP contribution in [0.5, 0.6) is 0 Å². The maximum atomic E-state index is 11.7. The summed E-state index contributed by atoms with van der Waals surface area (Å²) in [6, 6.07) is 9.83. The summed E-state index contributed by atoms with van der Waals surface area (Å²) < 4.78 is 0. The van der Waals surface area contributed by atoms with Crippen molar-refractivity contribution in [3.8, 4) is 0 Å². The summed E-state index contributed by atoms with van der Waals surface area (Å²) in [6.07, 6.45) is 3.91. The minimum atomic E-state index is 0.111. The number of carbonyl (C=O) groups excluding carboxylic acids is 1. The van der Waals surface area contributed by atoms with Crippen molar-refractivity contribution < 1.29 is 4.79 Å². The van der Waals surface area contributed by atoms with E-state index < -0.39 is 0 Å². The van der Waals surface area contributed by atoms with E-state index in [1.807, 2.05) is 30.3 Å².